The first kappa shape index (κ1) is 21.7. The Kier molecular flexibility index (Phi) is 9.23. The smallest absolute Gasteiger partial charge is 0.348 e. The van der Waals surface area contributed by atoms with Gasteiger partial charge < -0.3 is 20.1 Å². The van der Waals surface area contributed by atoms with Gasteiger partial charge in [0.15, 0.2) is 0 Å². The number of thioether (sulfide) groups is 1. The molecule has 1 aromatic rings. The molecule has 0 aromatic carbocycles. The summed E-state index contributed by atoms with van der Waals surface area (Å²) in [5.74, 6) is -0.666. The van der Waals surface area contributed by atoms with Crippen LogP contribution in [0.3, 0.4) is 0 Å². The van der Waals surface area contributed by atoms with E-state index in [-0.39, 0.29) is 23.8 Å². The van der Waals surface area contributed by atoms with Crippen molar-refractivity contribution in [3.05, 3.63) is 16.0 Å². The number of nitrogens with zero attached hydrogens (tertiary/aromatic N) is 1. The van der Waals surface area contributed by atoms with Gasteiger partial charge in [0.25, 0.3) is 0 Å². The molecule has 140 valence electrons. The first-order chi connectivity index (χ1) is 11.9. The van der Waals surface area contributed by atoms with Gasteiger partial charge in [0.1, 0.15) is 14.2 Å². The van der Waals surface area contributed by atoms with Crippen LogP contribution in [-0.2, 0) is 15.2 Å². The lowest BCUT2D eigenvalue weighted by molar-refractivity contribution is 0.0527. The second-order valence-electron chi connectivity index (χ2n) is 4.82. The minimum Gasteiger partial charge on any atom is -0.462 e. The van der Waals surface area contributed by atoms with E-state index in [2.05, 4.69) is 0 Å². The van der Waals surface area contributed by atoms with Gasteiger partial charge in [0.2, 0.25) is 0 Å². The highest BCUT2D eigenvalue weighted by Gasteiger charge is 2.28. The highest BCUT2D eigenvalue weighted by atomic mass is 32.2. The maximum Gasteiger partial charge on any atom is 0.348 e. The van der Waals surface area contributed by atoms with Crippen LogP contribution in [0, 0.1) is 0 Å². The Morgan fingerprint density at radius 3 is 2.20 bits per heavy atom. The average Bonchev–Trinajstić information content (AvgIpc) is 2.91. The molecular formula is C16H24N2O4S3. The normalized spacial score (nSPS) is 10.4. The Morgan fingerprint density at radius 2 is 1.68 bits per heavy atom. The third kappa shape index (κ3) is 5.58. The fourth-order valence-electron chi connectivity index (χ4n) is 2.12. The number of hydrogen-bond acceptors (Lipinski definition) is 8. The molecule has 0 atom stereocenters. The van der Waals surface area contributed by atoms with Crippen molar-refractivity contribution in [2.45, 2.75) is 33.4 Å². The molecule has 0 saturated heterocycles. The van der Waals surface area contributed by atoms with E-state index in [1.165, 1.54) is 11.8 Å². The highest BCUT2D eigenvalue weighted by molar-refractivity contribution is 8.22. The van der Waals surface area contributed by atoms with Crippen LogP contribution in [0.4, 0.5) is 5.00 Å². The second kappa shape index (κ2) is 10.6. The number of nitrogen functional groups attached to an aromatic ring is 1. The van der Waals surface area contributed by atoms with Crippen LogP contribution in [0.25, 0.3) is 0 Å². The standard InChI is InChI=1S/C16H24N2O4S3/c1-5-18(6-2)16(23)24-9-10-11(14(19)21-7-3)13(17)25-12(10)15(20)22-8-4/h5-9,17H2,1-4H3. The summed E-state index contributed by atoms with van der Waals surface area (Å²) in [5.41, 5.74) is 6.75. The molecule has 0 radical (unpaired) electrons. The minimum atomic E-state index is -0.531. The number of rotatable bonds is 8. The predicted molar refractivity (Wildman–Crippen MR) is 107 cm³/mol. The molecular weight excluding hydrogens is 380 g/mol. The molecule has 0 saturated carbocycles. The molecule has 1 aromatic heterocycles. The van der Waals surface area contributed by atoms with E-state index in [9.17, 15) is 9.59 Å². The molecule has 0 spiro atoms. The molecule has 0 amide bonds. The van der Waals surface area contributed by atoms with Crippen molar-refractivity contribution in [3.8, 4) is 0 Å². The van der Waals surface area contributed by atoms with Gasteiger partial charge in [-0.2, -0.15) is 0 Å². The molecule has 1 rings (SSSR count). The summed E-state index contributed by atoms with van der Waals surface area (Å²) in [7, 11) is 0. The van der Waals surface area contributed by atoms with E-state index in [1.807, 2.05) is 18.7 Å². The molecule has 9 heteroatoms. The maximum atomic E-state index is 12.3. The first-order valence-corrected chi connectivity index (χ1v) is 10.3. The largest absolute Gasteiger partial charge is 0.462 e. The Hall–Kier alpha value is -1.32. The number of nitrogens with two attached hydrogens (primary N) is 1. The number of carbonyl (C=O) groups is 2. The number of thiophene rings is 1. The summed E-state index contributed by atoms with van der Waals surface area (Å²) in [6, 6.07) is 0. The van der Waals surface area contributed by atoms with Crippen molar-refractivity contribution in [1.29, 1.82) is 0 Å². The van der Waals surface area contributed by atoms with Crippen molar-refractivity contribution in [1.82, 2.24) is 4.90 Å². The van der Waals surface area contributed by atoms with Crippen molar-refractivity contribution in [2.75, 3.05) is 32.0 Å². The Morgan fingerprint density at radius 1 is 1.12 bits per heavy atom. The number of anilines is 1. The topological polar surface area (TPSA) is 81.9 Å². The quantitative estimate of drug-likeness (QED) is 0.520. The third-order valence-corrected chi connectivity index (χ3v) is 5.93. The molecule has 0 bridgehead atoms. The SMILES string of the molecule is CCOC(=O)c1sc(N)c(C(=O)OCC)c1CSC(=S)N(CC)CC. The van der Waals surface area contributed by atoms with E-state index in [0.717, 1.165) is 24.4 Å². The molecule has 0 aliphatic rings. The van der Waals surface area contributed by atoms with Crippen molar-refractivity contribution < 1.29 is 19.1 Å². The fraction of sp³-hybridized carbons (Fsp3) is 0.562. The molecule has 0 unspecified atom stereocenters. The molecule has 6 nitrogen and oxygen atoms in total. The van der Waals surface area contributed by atoms with Gasteiger partial charge in [0.05, 0.1) is 18.8 Å². The fourth-order valence-corrected chi connectivity index (χ4v) is 4.61. The zero-order valence-corrected chi connectivity index (χ0v) is 17.4. The van der Waals surface area contributed by atoms with Gasteiger partial charge in [-0.3, -0.25) is 0 Å². The van der Waals surface area contributed by atoms with Gasteiger partial charge >= 0.3 is 11.9 Å². The molecule has 0 fully saturated rings. The Labute approximate surface area is 162 Å². The predicted octanol–water partition coefficient (Wildman–Crippen LogP) is 3.54. The monoisotopic (exact) mass is 404 g/mol. The van der Waals surface area contributed by atoms with Gasteiger partial charge in [0, 0.05) is 24.4 Å². The zero-order chi connectivity index (χ0) is 19.0. The van der Waals surface area contributed by atoms with Crippen LogP contribution >= 0.6 is 35.3 Å². The third-order valence-electron chi connectivity index (χ3n) is 3.34. The number of ether oxygens (including phenoxy) is 2. The lowest BCUT2D eigenvalue weighted by atomic mass is 10.1. The van der Waals surface area contributed by atoms with Crippen LogP contribution in [0.15, 0.2) is 0 Å². The molecule has 0 aliphatic carbocycles. The summed E-state index contributed by atoms with van der Waals surface area (Å²) in [5, 5.41) is 0.255. The van der Waals surface area contributed by atoms with E-state index in [4.69, 9.17) is 27.4 Å². The van der Waals surface area contributed by atoms with Crippen LogP contribution in [0.1, 0.15) is 53.3 Å². The number of hydrogen-bond donors (Lipinski definition) is 1. The van der Waals surface area contributed by atoms with E-state index in [1.54, 1.807) is 13.8 Å². The molecule has 2 N–H and O–H groups in total. The van der Waals surface area contributed by atoms with Crippen LogP contribution in [-0.4, -0.2) is 47.5 Å². The van der Waals surface area contributed by atoms with E-state index in [0.29, 0.717) is 20.5 Å². The second-order valence-corrected chi connectivity index (χ2v) is 7.48. The summed E-state index contributed by atoms with van der Waals surface area (Å²) in [6.45, 7) is 9.55. The lowest BCUT2D eigenvalue weighted by Crippen LogP contribution is -2.26. The van der Waals surface area contributed by atoms with Gasteiger partial charge in [-0.25, -0.2) is 9.59 Å². The first-order valence-electron chi connectivity index (χ1n) is 8.08. The molecule has 25 heavy (non-hydrogen) atoms. The van der Waals surface area contributed by atoms with E-state index < -0.39 is 11.9 Å². The number of esters is 2. The van der Waals surface area contributed by atoms with Gasteiger partial charge in [-0.05, 0) is 27.7 Å². The summed E-state index contributed by atoms with van der Waals surface area (Å²) in [4.78, 5) is 26.9. The van der Waals surface area contributed by atoms with Crippen molar-refractivity contribution in [2.24, 2.45) is 0 Å². The Balaban J connectivity index is 3.16. The summed E-state index contributed by atoms with van der Waals surface area (Å²) < 4.78 is 10.9. The van der Waals surface area contributed by atoms with Crippen LogP contribution in [0.2, 0.25) is 0 Å². The number of carbonyl (C=O) groups excluding carboxylic acids is 2. The summed E-state index contributed by atoms with van der Waals surface area (Å²) >= 11 is 7.87. The number of thiocarbonyl (C=S) groups is 1. The van der Waals surface area contributed by atoms with Gasteiger partial charge in [-0.15, -0.1) is 11.3 Å². The summed E-state index contributed by atoms with van der Waals surface area (Å²) in [6.07, 6.45) is 0. The van der Waals surface area contributed by atoms with Crippen molar-refractivity contribution >= 4 is 56.6 Å². The zero-order valence-electron chi connectivity index (χ0n) is 14.9. The van der Waals surface area contributed by atoms with Gasteiger partial charge in [-0.1, -0.05) is 24.0 Å². The maximum absolute atomic E-state index is 12.3. The van der Waals surface area contributed by atoms with Crippen LogP contribution in [0.5, 0.6) is 0 Å². The average molecular weight is 405 g/mol. The minimum absolute atomic E-state index is 0.229. The van der Waals surface area contributed by atoms with Crippen LogP contribution < -0.4 is 5.73 Å². The van der Waals surface area contributed by atoms with Crippen molar-refractivity contribution in [3.63, 3.8) is 0 Å². The lowest BCUT2D eigenvalue weighted by Gasteiger charge is -2.21. The van der Waals surface area contributed by atoms with E-state index >= 15 is 0 Å². The highest BCUT2D eigenvalue weighted by Crippen LogP contribution is 2.35. The molecule has 0 aliphatic heterocycles. The molecule has 1 heterocycles. The Bertz CT molecular complexity index is 627.